The molecule has 0 radical (unpaired) electrons. The molecule has 0 bridgehead atoms. The summed E-state index contributed by atoms with van der Waals surface area (Å²) in [6, 6.07) is 13.8. The third-order valence-electron chi connectivity index (χ3n) is 4.42. The number of rotatable bonds is 3. The van der Waals surface area contributed by atoms with Gasteiger partial charge in [-0.1, -0.05) is 40.5 Å². The number of likely N-dealkylation sites (tertiary alicyclic amines) is 1. The molecule has 0 unspecified atom stereocenters. The molecule has 4 rings (SSSR count). The maximum Gasteiger partial charge on any atom is 0.322 e. The third kappa shape index (κ3) is 3.91. The number of nitrogens with zero attached hydrogens (tertiary/aromatic N) is 3. The van der Waals surface area contributed by atoms with E-state index >= 15 is 0 Å². The lowest BCUT2D eigenvalue weighted by Gasteiger charge is -2.22. The number of aromatic nitrogens is 2. The zero-order valence-corrected chi connectivity index (χ0v) is 15.7. The zero-order chi connectivity index (χ0) is 18.8. The summed E-state index contributed by atoms with van der Waals surface area (Å²) in [6.07, 6.45) is 1.64. The minimum Gasteiger partial charge on any atom is -0.337 e. The number of carbonyl (C=O) groups is 1. The Kier molecular flexibility index (Phi) is 5.01. The fourth-order valence-electron chi connectivity index (χ4n) is 3.11. The highest BCUT2D eigenvalue weighted by Gasteiger charge is 2.34. The first-order chi connectivity index (χ1) is 13.1. The smallest absolute Gasteiger partial charge is 0.322 e. The van der Waals surface area contributed by atoms with E-state index in [2.05, 4.69) is 15.5 Å². The van der Waals surface area contributed by atoms with E-state index in [0.29, 0.717) is 34.0 Å². The van der Waals surface area contributed by atoms with Crippen LogP contribution >= 0.6 is 23.2 Å². The quantitative estimate of drug-likeness (QED) is 0.635. The maximum absolute atomic E-state index is 12.7. The van der Waals surface area contributed by atoms with Crippen molar-refractivity contribution in [2.24, 2.45) is 0 Å². The van der Waals surface area contributed by atoms with E-state index in [1.165, 1.54) is 0 Å². The lowest BCUT2D eigenvalue weighted by atomic mass is 10.2. The number of amides is 2. The number of carbonyl (C=O) groups excluding carboxylic acids is 1. The minimum atomic E-state index is -0.252. The molecule has 138 valence electrons. The predicted octanol–water partition coefficient (Wildman–Crippen LogP) is 5.41. The standard InChI is InChI=1S/C19H16Cl2N4O2/c20-13-6-8-15(9-7-13)22-19(26)25-10-2-5-16(25)18-23-17(24-27-18)12-3-1-4-14(21)11-12/h1,3-4,6-9,11,16H,2,5,10H2,(H,22,26)/t16-/m1/s1. The summed E-state index contributed by atoms with van der Waals surface area (Å²) in [5.74, 6) is 0.881. The molecule has 3 aromatic rings. The Morgan fingerprint density at radius 1 is 1.15 bits per heavy atom. The van der Waals surface area contributed by atoms with Crippen LogP contribution in [0.15, 0.2) is 53.1 Å². The van der Waals surface area contributed by atoms with Crippen LogP contribution in [0.1, 0.15) is 24.8 Å². The van der Waals surface area contributed by atoms with Gasteiger partial charge in [-0.05, 0) is 49.2 Å². The molecule has 1 N–H and O–H groups in total. The van der Waals surface area contributed by atoms with Crippen LogP contribution in [0.25, 0.3) is 11.4 Å². The van der Waals surface area contributed by atoms with E-state index in [-0.39, 0.29) is 12.1 Å². The summed E-state index contributed by atoms with van der Waals surface area (Å²) in [6.45, 7) is 0.624. The number of urea groups is 1. The van der Waals surface area contributed by atoms with Gasteiger partial charge in [-0.2, -0.15) is 4.98 Å². The molecule has 1 aliphatic rings. The van der Waals surface area contributed by atoms with Crippen molar-refractivity contribution < 1.29 is 9.32 Å². The largest absolute Gasteiger partial charge is 0.337 e. The van der Waals surface area contributed by atoms with Gasteiger partial charge in [0, 0.05) is 27.8 Å². The summed E-state index contributed by atoms with van der Waals surface area (Å²) >= 11 is 11.9. The molecule has 1 atom stereocenters. The van der Waals surface area contributed by atoms with Crippen LogP contribution in [0.4, 0.5) is 10.5 Å². The van der Waals surface area contributed by atoms with Crippen LogP contribution in [-0.2, 0) is 0 Å². The van der Waals surface area contributed by atoms with Crippen molar-refractivity contribution in [1.29, 1.82) is 0 Å². The van der Waals surface area contributed by atoms with Crippen LogP contribution in [-0.4, -0.2) is 27.6 Å². The van der Waals surface area contributed by atoms with Gasteiger partial charge in [0.25, 0.3) is 0 Å². The molecule has 2 aromatic carbocycles. The van der Waals surface area contributed by atoms with Gasteiger partial charge in [0.1, 0.15) is 6.04 Å². The van der Waals surface area contributed by atoms with Gasteiger partial charge in [0.15, 0.2) is 0 Å². The number of anilines is 1. The molecule has 1 aromatic heterocycles. The van der Waals surface area contributed by atoms with Crippen molar-refractivity contribution >= 4 is 34.9 Å². The van der Waals surface area contributed by atoms with Crippen LogP contribution in [0.5, 0.6) is 0 Å². The predicted molar refractivity (Wildman–Crippen MR) is 104 cm³/mol. The highest BCUT2D eigenvalue weighted by molar-refractivity contribution is 6.31. The first kappa shape index (κ1) is 17.8. The van der Waals surface area contributed by atoms with E-state index in [1.54, 1.807) is 41.3 Å². The maximum atomic E-state index is 12.7. The van der Waals surface area contributed by atoms with Crippen LogP contribution in [0, 0.1) is 0 Å². The molecular formula is C19H16Cl2N4O2. The fourth-order valence-corrected chi connectivity index (χ4v) is 3.43. The molecule has 6 nitrogen and oxygen atoms in total. The number of halogens is 2. The van der Waals surface area contributed by atoms with Crippen molar-refractivity contribution in [3.8, 4) is 11.4 Å². The molecule has 27 heavy (non-hydrogen) atoms. The molecular weight excluding hydrogens is 387 g/mol. The second-order valence-corrected chi connectivity index (χ2v) is 7.13. The molecule has 0 aliphatic carbocycles. The van der Waals surface area contributed by atoms with E-state index < -0.39 is 0 Å². The van der Waals surface area contributed by atoms with Gasteiger partial charge in [-0.3, -0.25) is 0 Å². The molecule has 0 spiro atoms. The topological polar surface area (TPSA) is 71.3 Å². The van der Waals surface area contributed by atoms with E-state index in [1.807, 2.05) is 12.1 Å². The Morgan fingerprint density at radius 2 is 1.96 bits per heavy atom. The number of hydrogen-bond acceptors (Lipinski definition) is 4. The number of hydrogen-bond donors (Lipinski definition) is 1. The monoisotopic (exact) mass is 402 g/mol. The molecule has 8 heteroatoms. The molecule has 0 saturated carbocycles. The summed E-state index contributed by atoms with van der Waals surface area (Å²) in [5, 5.41) is 8.14. The Balaban J connectivity index is 1.51. The van der Waals surface area contributed by atoms with Crippen molar-refractivity contribution in [3.05, 3.63) is 64.5 Å². The Labute approximate surface area is 166 Å². The SMILES string of the molecule is O=C(Nc1ccc(Cl)cc1)N1CCC[C@@H]1c1nc(-c2cccc(Cl)c2)no1. The summed E-state index contributed by atoms with van der Waals surface area (Å²) in [7, 11) is 0. The fraction of sp³-hybridized carbons (Fsp3) is 0.211. The molecule has 1 saturated heterocycles. The highest BCUT2D eigenvalue weighted by atomic mass is 35.5. The van der Waals surface area contributed by atoms with Crippen LogP contribution in [0.2, 0.25) is 10.0 Å². The molecule has 1 fully saturated rings. The van der Waals surface area contributed by atoms with Crippen LogP contribution < -0.4 is 5.32 Å². The number of nitrogens with one attached hydrogen (secondary N) is 1. The average Bonchev–Trinajstić information content (AvgIpc) is 3.33. The van der Waals surface area contributed by atoms with Gasteiger partial charge >= 0.3 is 6.03 Å². The van der Waals surface area contributed by atoms with Gasteiger partial charge in [-0.15, -0.1) is 0 Å². The Hall–Kier alpha value is -2.57. The second kappa shape index (κ2) is 7.58. The summed E-state index contributed by atoms with van der Waals surface area (Å²) < 4.78 is 5.45. The highest BCUT2D eigenvalue weighted by Crippen LogP contribution is 2.33. The second-order valence-electron chi connectivity index (χ2n) is 6.26. The first-order valence-corrected chi connectivity index (χ1v) is 9.28. The van der Waals surface area contributed by atoms with E-state index in [0.717, 1.165) is 18.4 Å². The van der Waals surface area contributed by atoms with Crippen LogP contribution in [0.3, 0.4) is 0 Å². The van der Waals surface area contributed by atoms with E-state index in [9.17, 15) is 4.79 Å². The first-order valence-electron chi connectivity index (χ1n) is 8.53. The normalized spacial score (nSPS) is 16.5. The van der Waals surface area contributed by atoms with Crippen molar-refractivity contribution in [3.63, 3.8) is 0 Å². The summed E-state index contributed by atoms with van der Waals surface area (Å²) in [4.78, 5) is 18.9. The van der Waals surface area contributed by atoms with E-state index in [4.69, 9.17) is 27.7 Å². The zero-order valence-electron chi connectivity index (χ0n) is 14.2. The Morgan fingerprint density at radius 3 is 2.74 bits per heavy atom. The number of benzene rings is 2. The molecule has 2 heterocycles. The molecule has 1 aliphatic heterocycles. The molecule has 2 amide bonds. The van der Waals surface area contributed by atoms with Gasteiger partial charge in [0.05, 0.1) is 0 Å². The van der Waals surface area contributed by atoms with Crippen molar-refractivity contribution in [2.45, 2.75) is 18.9 Å². The van der Waals surface area contributed by atoms with Crippen molar-refractivity contribution in [2.75, 3.05) is 11.9 Å². The lowest BCUT2D eigenvalue weighted by molar-refractivity contribution is 0.193. The minimum absolute atomic E-state index is 0.206. The average molecular weight is 403 g/mol. The van der Waals surface area contributed by atoms with Gasteiger partial charge < -0.3 is 14.7 Å². The van der Waals surface area contributed by atoms with Gasteiger partial charge in [0.2, 0.25) is 11.7 Å². The van der Waals surface area contributed by atoms with Gasteiger partial charge in [-0.25, -0.2) is 4.79 Å². The lowest BCUT2D eigenvalue weighted by Crippen LogP contribution is -2.34. The summed E-state index contributed by atoms with van der Waals surface area (Å²) in [5.41, 5.74) is 1.45. The third-order valence-corrected chi connectivity index (χ3v) is 4.91. The Bertz CT molecular complexity index is 958. The van der Waals surface area contributed by atoms with Crippen molar-refractivity contribution in [1.82, 2.24) is 15.0 Å².